The van der Waals surface area contributed by atoms with Gasteiger partial charge in [0.15, 0.2) is 0 Å². The Hall–Kier alpha value is -3.14. The van der Waals surface area contributed by atoms with Crippen LogP contribution in [0.1, 0.15) is 27.0 Å². The van der Waals surface area contributed by atoms with Crippen LogP contribution in [0.25, 0.3) is 0 Å². The SMILES string of the molecule is Cc1ccccc1CNc1cncc(C(=O)N(C)Cc2ccccc2)c1. The lowest BCUT2D eigenvalue weighted by Gasteiger charge is -2.18. The summed E-state index contributed by atoms with van der Waals surface area (Å²) in [4.78, 5) is 18.6. The van der Waals surface area contributed by atoms with E-state index >= 15 is 0 Å². The average Bonchev–Trinajstić information content (AvgIpc) is 2.68. The normalized spacial score (nSPS) is 10.4. The largest absolute Gasteiger partial charge is 0.380 e. The van der Waals surface area contributed by atoms with Crippen LogP contribution in [0.2, 0.25) is 0 Å². The number of hydrogen-bond donors (Lipinski definition) is 1. The molecule has 26 heavy (non-hydrogen) atoms. The van der Waals surface area contributed by atoms with Crippen LogP contribution in [0.5, 0.6) is 0 Å². The number of aromatic nitrogens is 1. The summed E-state index contributed by atoms with van der Waals surface area (Å²) in [6.07, 6.45) is 3.36. The summed E-state index contributed by atoms with van der Waals surface area (Å²) in [6, 6.07) is 20.1. The molecule has 0 atom stereocenters. The van der Waals surface area contributed by atoms with E-state index in [1.807, 2.05) is 55.6 Å². The van der Waals surface area contributed by atoms with Gasteiger partial charge in [-0.25, -0.2) is 0 Å². The van der Waals surface area contributed by atoms with Gasteiger partial charge in [-0.1, -0.05) is 54.6 Å². The van der Waals surface area contributed by atoms with Crippen LogP contribution in [-0.2, 0) is 13.1 Å². The minimum absolute atomic E-state index is 0.0408. The van der Waals surface area contributed by atoms with Crippen LogP contribution in [0.15, 0.2) is 73.1 Å². The van der Waals surface area contributed by atoms with E-state index in [1.165, 1.54) is 11.1 Å². The first-order valence-electron chi connectivity index (χ1n) is 8.66. The number of nitrogens with one attached hydrogen (secondary N) is 1. The molecule has 0 bridgehead atoms. The molecule has 0 saturated heterocycles. The second-order valence-corrected chi connectivity index (χ2v) is 6.39. The van der Waals surface area contributed by atoms with Gasteiger partial charge in [0.25, 0.3) is 5.91 Å². The maximum atomic E-state index is 12.7. The molecule has 0 aliphatic carbocycles. The fourth-order valence-corrected chi connectivity index (χ4v) is 2.81. The lowest BCUT2D eigenvalue weighted by atomic mass is 10.1. The zero-order valence-electron chi connectivity index (χ0n) is 15.1. The number of benzene rings is 2. The first kappa shape index (κ1) is 17.7. The van der Waals surface area contributed by atoms with E-state index in [9.17, 15) is 4.79 Å². The molecule has 1 amide bonds. The number of amides is 1. The van der Waals surface area contributed by atoms with E-state index in [1.54, 1.807) is 17.3 Å². The Labute approximate surface area is 154 Å². The molecule has 0 saturated carbocycles. The first-order chi connectivity index (χ1) is 12.6. The van der Waals surface area contributed by atoms with Crippen molar-refractivity contribution in [3.8, 4) is 0 Å². The third kappa shape index (κ3) is 4.48. The number of nitrogens with zero attached hydrogens (tertiary/aromatic N) is 2. The van der Waals surface area contributed by atoms with E-state index in [4.69, 9.17) is 0 Å². The van der Waals surface area contributed by atoms with Gasteiger partial charge in [-0.3, -0.25) is 9.78 Å². The van der Waals surface area contributed by atoms with Crippen molar-refractivity contribution in [1.29, 1.82) is 0 Å². The smallest absolute Gasteiger partial charge is 0.255 e. The molecule has 0 radical (unpaired) electrons. The summed E-state index contributed by atoms with van der Waals surface area (Å²) in [5.41, 5.74) is 4.99. The molecule has 0 spiro atoms. The summed E-state index contributed by atoms with van der Waals surface area (Å²) < 4.78 is 0. The van der Waals surface area contributed by atoms with Gasteiger partial charge in [0.05, 0.1) is 11.3 Å². The van der Waals surface area contributed by atoms with Gasteiger partial charge in [0, 0.05) is 32.5 Å². The Kier molecular flexibility index (Phi) is 5.64. The van der Waals surface area contributed by atoms with Crippen LogP contribution in [0, 0.1) is 6.92 Å². The number of anilines is 1. The second kappa shape index (κ2) is 8.30. The summed E-state index contributed by atoms with van der Waals surface area (Å²) in [5, 5.41) is 3.35. The summed E-state index contributed by atoms with van der Waals surface area (Å²) in [7, 11) is 1.81. The second-order valence-electron chi connectivity index (χ2n) is 6.39. The number of aryl methyl sites for hydroxylation is 1. The van der Waals surface area contributed by atoms with Crippen molar-refractivity contribution in [2.45, 2.75) is 20.0 Å². The molecule has 2 aromatic carbocycles. The zero-order valence-corrected chi connectivity index (χ0v) is 15.1. The summed E-state index contributed by atoms with van der Waals surface area (Å²) >= 11 is 0. The third-order valence-electron chi connectivity index (χ3n) is 4.34. The van der Waals surface area contributed by atoms with Crippen molar-refractivity contribution < 1.29 is 4.79 Å². The highest BCUT2D eigenvalue weighted by atomic mass is 16.2. The van der Waals surface area contributed by atoms with Gasteiger partial charge in [-0.15, -0.1) is 0 Å². The zero-order chi connectivity index (χ0) is 18.4. The topological polar surface area (TPSA) is 45.2 Å². The van der Waals surface area contributed by atoms with Gasteiger partial charge in [0.1, 0.15) is 0 Å². The lowest BCUT2D eigenvalue weighted by molar-refractivity contribution is 0.0784. The molecule has 0 aliphatic rings. The van der Waals surface area contributed by atoms with E-state index in [2.05, 4.69) is 29.4 Å². The van der Waals surface area contributed by atoms with Crippen molar-refractivity contribution in [2.24, 2.45) is 0 Å². The van der Waals surface area contributed by atoms with Crippen LogP contribution in [-0.4, -0.2) is 22.8 Å². The Bertz CT molecular complexity index is 877. The first-order valence-corrected chi connectivity index (χ1v) is 8.66. The standard InChI is InChI=1S/C22H23N3O/c1-17-8-6-7-11-19(17)14-24-21-12-20(13-23-15-21)22(26)25(2)16-18-9-4-3-5-10-18/h3-13,15,24H,14,16H2,1-2H3. The van der Waals surface area contributed by atoms with Crippen molar-refractivity contribution >= 4 is 11.6 Å². The predicted molar refractivity (Wildman–Crippen MR) is 105 cm³/mol. The van der Waals surface area contributed by atoms with Gasteiger partial charge in [-0.2, -0.15) is 0 Å². The minimum Gasteiger partial charge on any atom is -0.380 e. The minimum atomic E-state index is -0.0408. The van der Waals surface area contributed by atoms with Gasteiger partial charge in [0.2, 0.25) is 0 Å². The fourth-order valence-electron chi connectivity index (χ4n) is 2.81. The average molecular weight is 345 g/mol. The van der Waals surface area contributed by atoms with Gasteiger partial charge < -0.3 is 10.2 Å². The molecular formula is C22H23N3O. The number of pyridine rings is 1. The van der Waals surface area contributed by atoms with Gasteiger partial charge >= 0.3 is 0 Å². The van der Waals surface area contributed by atoms with Crippen molar-refractivity contribution in [3.05, 3.63) is 95.3 Å². The lowest BCUT2D eigenvalue weighted by Crippen LogP contribution is -2.26. The molecule has 1 aromatic heterocycles. The summed E-state index contributed by atoms with van der Waals surface area (Å²) in [6.45, 7) is 3.36. The van der Waals surface area contributed by atoms with Crippen LogP contribution in [0.3, 0.4) is 0 Å². The van der Waals surface area contributed by atoms with Crippen LogP contribution >= 0.6 is 0 Å². The van der Waals surface area contributed by atoms with Crippen molar-refractivity contribution in [3.63, 3.8) is 0 Å². The number of hydrogen-bond acceptors (Lipinski definition) is 3. The van der Waals surface area contributed by atoms with Crippen LogP contribution < -0.4 is 5.32 Å². The highest BCUT2D eigenvalue weighted by Crippen LogP contribution is 2.14. The maximum absolute atomic E-state index is 12.7. The molecular weight excluding hydrogens is 322 g/mol. The van der Waals surface area contributed by atoms with Crippen molar-refractivity contribution in [2.75, 3.05) is 12.4 Å². The molecule has 0 unspecified atom stereocenters. The highest BCUT2D eigenvalue weighted by molar-refractivity contribution is 5.94. The van der Waals surface area contributed by atoms with E-state index in [0.717, 1.165) is 11.3 Å². The number of carbonyl (C=O) groups is 1. The Morgan fingerprint density at radius 2 is 1.77 bits per heavy atom. The molecule has 4 nitrogen and oxygen atoms in total. The van der Waals surface area contributed by atoms with Crippen LogP contribution in [0.4, 0.5) is 5.69 Å². The third-order valence-corrected chi connectivity index (χ3v) is 4.34. The van der Waals surface area contributed by atoms with Crippen molar-refractivity contribution in [1.82, 2.24) is 9.88 Å². The molecule has 3 rings (SSSR count). The predicted octanol–water partition coefficient (Wildman–Crippen LogP) is 4.27. The molecule has 1 heterocycles. The Morgan fingerprint density at radius 3 is 2.54 bits per heavy atom. The van der Waals surface area contributed by atoms with E-state index in [-0.39, 0.29) is 5.91 Å². The molecule has 132 valence electrons. The van der Waals surface area contributed by atoms with E-state index < -0.39 is 0 Å². The van der Waals surface area contributed by atoms with E-state index in [0.29, 0.717) is 18.7 Å². The number of carbonyl (C=O) groups excluding carboxylic acids is 1. The molecule has 4 heteroatoms. The molecule has 1 N–H and O–H groups in total. The molecule has 0 aliphatic heterocycles. The Morgan fingerprint density at radius 1 is 1.04 bits per heavy atom. The van der Waals surface area contributed by atoms with Gasteiger partial charge in [-0.05, 0) is 29.7 Å². The molecule has 0 fully saturated rings. The maximum Gasteiger partial charge on any atom is 0.255 e. The molecule has 3 aromatic rings. The Balaban J connectivity index is 1.66. The quantitative estimate of drug-likeness (QED) is 0.725. The summed E-state index contributed by atoms with van der Waals surface area (Å²) in [5.74, 6) is -0.0408. The fraction of sp³-hybridized carbons (Fsp3) is 0.182. The number of rotatable bonds is 6. The highest BCUT2D eigenvalue weighted by Gasteiger charge is 2.13. The monoisotopic (exact) mass is 345 g/mol.